The molecule has 5 aliphatic rings. The van der Waals surface area contributed by atoms with E-state index in [-0.39, 0.29) is 63.5 Å². The molecule has 0 radical (unpaired) electrons. The highest BCUT2D eigenvalue weighted by molar-refractivity contribution is 5.94. The minimum absolute atomic E-state index is 0.00628. The number of hydrogen-bond acceptors (Lipinski definition) is 4. The van der Waals surface area contributed by atoms with E-state index in [2.05, 4.69) is 65.7 Å². The van der Waals surface area contributed by atoms with Crippen LogP contribution in [0.2, 0.25) is 0 Å². The van der Waals surface area contributed by atoms with Crippen LogP contribution in [0.4, 0.5) is 0 Å². The zero-order valence-corrected chi connectivity index (χ0v) is 35.4. The van der Waals surface area contributed by atoms with Crippen molar-refractivity contribution in [2.24, 2.45) is 56.7 Å². The van der Waals surface area contributed by atoms with Gasteiger partial charge in [-0.05, 0) is 170 Å². The summed E-state index contributed by atoms with van der Waals surface area (Å²) in [6, 6.07) is 12.7. The Labute approximate surface area is 335 Å². The zero-order valence-electron chi connectivity index (χ0n) is 35.4. The largest absolute Gasteiger partial charge is 0.478 e. The van der Waals surface area contributed by atoms with Crippen molar-refractivity contribution in [1.82, 2.24) is 10.6 Å². The maximum Gasteiger partial charge on any atom is 0.335 e. The van der Waals surface area contributed by atoms with Gasteiger partial charge in [0.2, 0.25) is 5.91 Å². The molecule has 0 aromatic heterocycles. The Morgan fingerprint density at radius 1 is 0.857 bits per heavy atom. The summed E-state index contributed by atoms with van der Waals surface area (Å²) in [6.07, 6.45) is 10.5. The number of carboxylic acid groups (broad SMARTS) is 1. The molecule has 5 unspecified atom stereocenters. The van der Waals surface area contributed by atoms with Crippen molar-refractivity contribution < 1.29 is 24.6 Å². The van der Waals surface area contributed by atoms with Gasteiger partial charge in [-0.2, -0.15) is 0 Å². The quantitative estimate of drug-likeness (QED) is 0.190. The first-order valence-electron chi connectivity index (χ1n) is 21.6. The Bertz CT molecular complexity index is 1900. The lowest BCUT2D eigenvalue weighted by Crippen LogP contribution is -2.67. The maximum absolute atomic E-state index is 14.8. The number of rotatable bonds is 9. The average molecular weight is 765 g/mol. The smallest absolute Gasteiger partial charge is 0.335 e. The van der Waals surface area contributed by atoms with Gasteiger partial charge in [0.1, 0.15) is 0 Å². The van der Waals surface area contributed by atoms with E-state index in [1.807, 2.05) is 24.3 Å². The van der Waals surface area contributed by atoms with E-state index >= 15 is 0 Å². The molecule has 304 valence electrons. The van der Waals surface area contributed by atoms with E-state index in [1.165, 1.54) is 31.3 Å². The predicted octanol–water partition coefficient (Wildman–Crippen LogP) is 9.86. The fourth-order valence-corrected chi connectivity index (χ4v) is 14.4. The third-order valence-electron chi connectivity index (χ3n) is 17.9. The van der Waals surface area contributed by atoms with E-state index < -0.39 is 11.4 Å². The summed E-state index contributed by atoms with van der Waals surface area (Å²) in [5.41, 5.74) is 4.51. The van der Waals surface area contributed by atoms with Crippen molar-refractivity contribution in [1.29, 1.82) is 0 Å². The lowest BCUT2D eigenvalue weighted by atomic mass is 9.32. The molecule has 2 amide bonds. The van der Waals surface area contributed by atoms with Crippen LogP contribution in [0.3, 0.4) is 0 Å². The summed E-state index contributed by atoms with van der Waals surface area (Å²) in [7, 11) is 0. The van der Waals surface area contributed by atoms with Crippen molar-refractivity contribution in [3.8, 4) is 0 Å². The highest BCUT2D eigenvalue weighted by Gasteiger charge is 2.71. The number of fused-ring (bicyclic) bond motifs is 7. The van der Waals surface area contributed by atoms with Crippen LogP contribution in [-0.4, -0.2) is 40.6 Å². The Kier molecular flexibility index (Phi) is 10.5. The van der Waals surface area contributed by atoms with Crippen LogP contribution in [0.5, 0.6) is 0 Å². The fraction of sp³-hybridized carbons (Fsp3) is 0.653. The first kappa shape index (κ1) is 40.7. The second-order valence-electron chi connectivity index (χ2n) is 20.5. The number of allylic oxidation sites excluding steroid dienone is 1. The second kappa shape index (κ2) is 14.4. The SMILES string of the molecule is C=C(C)[C@@H]1CC[C@]2(C(=O)NCC(C)c3cccc(C(=O)NCc4cccc(C(=O)O)c4C)c3)CC[C@]3(C)C(CCC4[C@@]5(C)CC[C@H](O)C(C)(C)C5CC[C@]43C)C12. The Morgan fingerprint density at radius 3 is 2.30 bits per heavy atom. The van der Waals surface area contributed by atoms with Gasteiger partial charge in [-0.3, -0.25) is 9.59 Å². The zero-order chi connectivity index (χ0) is 40.6. The molecule has 4 N–H and O–H groups in total. The predicted molar refractivity (Wildman–Crippen MR) is 222 cm³/mol. The second-order valence-corrected chi connectivity index (χ2v) is 20.5. The molecular weight excluding hydrogens is 697 g/mol. The highest BCUT2D eigenvalue weighted by Crippen LogP contribution is 2.77. The molecule has 7 heteroatoms. The van der Waals surface area contributed by atoms with Crippen LogP contribution in [0.1, 0.15) is 156 Å². The molecule has 56 heavy (non-hydrogen) atoms. The fourth-order valence-electron chi connectivity index (χ4n) is 14.4. The molecule has 11 atom stereocenters. The number of aromatic carboxylic acids is 1. The summed E-state index contributed by atoms with van der Waals surface area (Å²) in [5.74, 6) is 1.28. The van der Waals surface area contributed by atoms with E-state index in [0.29, 0.717) is 41.3 Å². The molecular formula is C49H68N2O5. The van der Waals surface area contributed by atoms with Gasteiger partial charge in [0.05, 0.1) is 17.1 Å². The molecule has 2 aromatic carbocycles. The lowest BCUT2D eigenvalue weighted by Gasteiger charge is -2.72. The van der Waals surface area contributed by atoms with Crippen molar-refractivity contribution in [2.75, 3.05) is 6.54 Å². The van der Waals surface area contributed by atoms with Crippen LogP contribution < -0.4 is 10.6 Å². The maximum atomic E-state index is 14.8. The minimum Gasteiger partial charge on any atom is -0.478 e. The standard InChI is InChI=1S/C49H68N2O5/c1-29(2)35-18-23-49(25-24-47(8)37(41(35)49)16-17-39-46(7)21-20-40(52)45(5,6)38(46)19-22-48(39,47)9)44(56)51-27-30(3)32-12-10-13-33(26-32)42(53)50-28-34-14-11-15-36(31(34)4)43(54)55/h10-15,26,30,35,37-41,52H,1,16-25,27-28H2,2-9H3,(H,50,53)(H,51,56)(H,54,55)/t30?,35-,37?,38?,39?,40-,41?,46-,47+,48+,49-/m0/s1. The van der Waals surface area contributed by atoms with Crippen molar-refractivity contribution in [2.45, 2.75) is 138 Å². The third-order valence-corrected chi connectivity index (χ3v) is 17.9. The van der Waals surface area contributed by atoms with Crippen molar-refractivity contribution in [3.05, 3.63) is 82.4 Å². The Balaban J connectivity index is 1.06. The molecule has 0 saturated heterocycles. The van der Waals surface area contributed by atoms with Gasteiger partial charge in [-0.1, -0.05) is 78.0 Å². The topological polar surface area (TPSA) is 116 Å². The Morgan fingerprint density at radius 2 is 1.59 bits per heavy atom. The van der Waals surface area contributed by atoms with Crippen LogP contribution in [0, 0.1) is 63.6 Å². The number of carbonyl (C=O) groups is 3. The Hall–Kier alpha value is -3.45. The first-order valence-corrected chi connectivity index (χ1v) is 21.6. The van der Waals surface area contributed by atoms with Gasteiger partial charge in [-0.15, -0.1) is 0 Å². The van der Waals surface area contributed by atoms with Gasteiger partial charge in [0.15, 0.2) is 0 Å². The summed E-state index contributed by atoms with van der Waals surface area (Å²) in [5, 5.41) is 27.1. The van der Waals surface area contributed by atoms with Gasteiger partial charge >= 0.3 is 5.97 Å². The first-order chi connectivity index (χ1) is 26.3. The van der Waals surface area contributed by atoms with E-state index in [9.17, 15) is 24.6 Å². The lowest BCUT2D eigenvalue weighted by molar-refractivity contribution is -0.246. The molecule has 5 fully saturated rings. The minimum atomic E-state index is -0.982. The molecule has 2 aromatic rings. The molecule has 5 aliphatic carbocycles. The van der Waals surface area contributed by atoms with Gasteiger partial charge < -0.3 is 20.8 Å². The summed E-state index contributed by atoms with van der Waals surface area (Å²) in [4.78, 5) is 39.7. The van der Waals surface area contributed by atoms with Gasteiger partial charge in [0, 0.05) is 18.7 Å². The molecule has 7 nitrogen and oxygen atoms in total. The van der Waals surface area contributed by atoms with Crippen molar-refractivity contribution in [3.63, 3.8) is 0 Å². The summed E-state index contributed by atoms with van der Waals surface area (Å²) in [6.45, 7) is 23.8. The number of nitrogens with one attached hydrogen (secondary N) is 2. The van der Waals surface area contributed by atoms with Gasteiger partial charge in [-0.25, -0.2) is 4.79 Å². The number of amides is 2. The van der Waals surface area contributed by atoms with E-state index in [4.69, 9.17) is 0 Å². The summed E-state index contributed by atoms with van der Waals surface area (Å²) < 4.78 is 0. The van der Waals surface area contributed by atoms with Crippen LogP contribution in [0.15, 0.2) is 54.6 Å². The number of benzene rings is 2. The van der Waals surface area contributed by atoms with Crippen LogP contribution in [0.25, 0.3) is 0 Å². The molecule has 0 aliphatic heterocycles. The van der Waals surface area contributed by atoms with Crippen LogP contribution in [-0.2, 0) is 11.3 Å². The highest BCUT2D eigenvalue weighted by atomic mass is 16.4. The molecule has 0 heterocycles. The molecule has 0 spiro atoms. The van der Waals surface area contributed by atoms with E-state index in [1.54, 1.807) is 25.1 Å². The van der Waals surface area contributed by atoms with E-state index in [0.717, 1.165) is 49.7 Å². The normalized spacial score (nSPS) is 37.5. The molecule has 0 bridgehead atoms. The monoisotopic (exact) mass is 765 g/mol. The van der Waals surface area contributed by atoms with Crippen LogP contribution >= 0.6 is 0 Å². The third kappa shape index (κ3) is 6.19. The number of carbonyl (C=O) groups excluding carboxylic acids is 2. The molecule has 7 rings (SSSR count). The van der Waals surface area contributed by atoms with Gasteiger partial charge in [0.25, 0.3) is 5.91 Å². The average Bonchev–Trinajstić information content (AvgIpc) is 3.56. The number of hydrogen-bond donors (Lipinski definition) is 4. The molecule has 5 saturated carbocycles. The number of aliphatic hydroxyl groups is 1. The number of aliphatic hydroxyl groups excluding tert-OH is 1. The van der Waals surface area contributed by atoms with Crippen molar-refractivity contribution >= 4 is 17.8 Å². The number of carboxylic acids is 1. The summed E-state index contributed by atoms with van der Waals surface area (Å²) >= 11 is 0.